The number of carbonyl (C=O) groups excluding carboxylic acids is 1. The maximum atomic E-state index is 12.5. The molecular formula is C20H23Cl2N3O. The Morgan fingerprint density at radius 2 is 1.92 bits per heavy atom. The van der Waals surface area contributed by atoms with E-state index in [0.717, 1.165) is 18.5 Å². The number of hydrogen-bond acceptors (Lipinski definition) is 3. The van der Waals surface area contributed by atoms with Crippen LogP contribution in [0.1, 0.15) is 46.8 Å². The molecule has 0 saturated carbocycles. The number of piperidine rings is 1. The van der Waals surface area contributed by atoms with Crippen molar-refractivity contribution >= 4 is 34.8 Å². The third-order valence-corrected chi connectivity index (χ3v) is 5.59. The van der Waals surface area contributed by atoms with E-state index in [9.17, 15) is 4.79 Å². The lowest BCUT2D eigenvalue weighted by atomic mass is 9.92. The van der Waals surface area contributed by atoms with Crippen LogP contribution in [0, 0.1) is 0 Å². The fraction of sp³-hybridized carbons (Fsp3) is 0.350. The van der Waals surface area contributed by atoms with Crippen LogP contribution in [0.5, 0.6) is 0 Å². The number of nitrogens with zero attached hydrogens (tertiary/aromatic N) is 1. The van der Waals surface area contributed by atoms with Gasteiger partial charge in [0.05, 0.1) is 15.7 Å². The second-order valence-corrected chi connectivity index (χ2v) is 7.54. The Kier molecular flexibility index (Phi) is 6.07. The zero-order valence-electron chi connectivity index (χ0n) is 14.8. The molecule has 0 spiro atoms. The molecule has 3 N–H and O–H groups in total. The molecule has 0 radical (unpaired) electrons. The first-order valence-electron chi connectivity index (χ1n) is 8.78. The summed E-state index contributed by atoms with van der Waals surface area (Å²) in [5, 5.41) is 3.54. The highest BCUT2D eigenvalue weighted by molar-refractivity contribution is 6.39. The molecule has 1 aliphatic rings. The van der Waals surface area contributed by atoms with Crippen molar-refractivity contribution in [3.63, 3.8) is 0 Å². The summed E-state index contributed by atoms with van der Waals surface area (Å²) in [6.45, 7) is 1.56. The van der Waals surface area contributed by atoms with Crippen molar-refractivity contribution in [1.82, 2.24) is 10.2 Å². The number of carbonyl (C=O) groups is 1. The van der Waals surface area contributed by atoms with E-state index in [1.165, 1.54) is 18.4 Å². The summed E-state index contributed by atoms with van der Waals surface area (Å²) < 4.78 is 0. The summed E-state index contributed by atoms with van der Waals surface area (Å²) in [7, 11) is 2.16. The number of benzene rings is 2. The zero-order valence-corrected chi connectivity index (χ0v) is 16.3. The monoisotopic (exact) mass is 391 g/mol. The van der Waals surface area contributed by atoms with E-state index in [-0.39, 0.29) is 21.6 Å². The van der Waals surface area contributed by atoms with E-state index >= 15 is 0 Å². The van der Waals surface area contributed by atoms with Crippen LogP contribution in [0.3, 0.4) is 0 Å². The van der Waals surface area contributed by atoms with Gasteiger partial charge in [-0.2, -0.15) is 0 Å². The van der Waals surface area contributed by atoms with Crippen LogP contribution < -0.4 is 11.1 Å². The number of halogens is 2. The molecule has 1 fully saturated rings. The molecule has 0 unspecified atom stereocenters. The SMILES string of the molecule is CN1CCCC[C@@H]1c1ccccc1CNC(=O)c1cc(Cl)c(N)c(Cl)c1. The van der Waals surface area contributed by atoms with Gasteiger partial charge in [-0.15, -0.1) is 0 Å². The molecule has 1 saturated heterocycles. The molecule has 2 aromatic carbocycles. The van der Waals surface area contributed by atoms with Gasteiger partial charge in [-0.25, -0.2) is 0 Å². The Morgan fingerprint density at radius 3 is 2.62 bits per heavy atom. The normalized spacial score (nSPS) is 17.9. The Hall–Kier alpha value is -1.75. The lowest BCUT2D eigenvalue weighted by Gasteiger charge is -2.34. The number of hydrogen-bond donors (Lipinski definition) is 2. The summed E-state index contributed by atoms with van der Waals surface area (Å²) in [5.74, 6) is -0.222. The van der Waals surface area contributed by atoms with Crippen molar-refractivity contribution < 1.29 is 4.79 Å². The highest BCUT2D eigenvalue weighted by atomic mass is 35.5. The highest BCUT2D eigenvalue weighted by Crippen LogP contribution is 2.32. The van der Waals surface area contributed by atoms with E-state index < -0.39 is 0 Å². The molecule has 3 rings (SSSR count). The van der Waals surface area contributed by atoms with E-state index in [1.807, 2.05) is 6.07 Å². The quantitative estimate of drug-likeness (QED) is 0.744. The maximum absolute atomic E-state index is 12.5. The molecule has 6 heteroatoms. The van der Waals surface area contributed by atoms with Gasteiger partial charge in [-0.05, 0) is 49.7 Å². The number of likely N-dealkylation sites (tertiary alicyclic amines) is 1. The van der Waals surface area contributed by atoms with E-state index in [1.54, 1.807) is 12.1 Å². The lowest BCUT2D eigenvalue weighted by Crippen LogP contribution is -2.31. The van der Waals surface area contributed by atoms with Gasteiger partial charge >= 0.3 is 0 Å². The van der Waals surface area contributed by atoms with Crippen LogP contribution in [0.25, 0.3) is 0 Å². The number of nitrogens with one attached hydrogen (secondary N) is 1. The summed E-state index contributed by atoms with van der Waals surface area (Å²) >= 11 is 12.1. The number of rotatable bonds is 4. The van der Waals surface area contributed by atoms with Gasteiger partial charge in [-0.3, -0.25) is 9.69 Å². The average molecular weight is 392 g/mol. The minimum absolute atomic E-state index is 0.222. The first-order chi connectivity index (χ1) is 12.5. The Bertz CT molecular complexity index is 786. The first-order valence-corrected chi connectivity index (χ1v) is 9.53. The summed E-state index contributed by atoms with van der Waals surface area (Å²) in [5.41, 5.74) is 8.84. The van der Waals surface area contributed by atoms with Crippen molar-refractivity contribution in [2.75, 3.05) is 19.3 Å². The minimum Gasteiger partial charge on any atom is -0.396 e. The largest absolute Gasteiger partial charge is 0.396 e. The molecule has 1 amide bonds. The predicted molar refractivity (Wildman–Crippen MR) is 108 cm³/mol. The van der Waals surface area contributed by atoms with Gasteiger partial charge in [0, 0.05) is 18.2 Å². The van der Waals surface area contributed by atoms with E-state index in [4.69, 9.17) is 28.9 Å². The smallest absolute Gasteiger partial charge is 0.251 e. The Morgan fingerprint density at radius 1 is 1.23 bits per heavy atom. The standard InChI is InChI=1S/C20H23Cl2N3O/c1-25-9-5-4-8-18(25)15-7-3-2-6-13(15)12-24-20(26)14-10-16(21)19(23)17(22)11-14/h2-3,6-7,10-11,18H,4-5,8-9,12,23H2,1H3,(H,24,26)/t18-/m1/s1. The molecule has 1 aliphatic heterocycles. The van der Waals surface area contributed by atoms with Crippen LogP contribution >= 0.6 is 23.2 Å². The number of nitrogens with two attached hydrogens (primary N) is 1. The van der Waals surface area contributed by atoms with Gasteiger partial charge in [0.1, 0.15) is 0 Å². The number of anilines is 1. The van der Waals surface area contributed by atoms with E-state index in [2.05, 4.69) is 35.5 Å². The summed E-state index contributed by atoms with van der Waals surface area (Å²) in [4.78, 5) is 14.9. The van der Waals surface area contributed by atoms with Crippen LogP contribution in [-0.2, 0) is 6.54 Å². The van der Waals surface area contributed by atoms with Crippen LogP contribution in [0.15, 0.2) is 36.4 Å². The van der Waals surface area contributed by atoms with Gasteiger partial charge in [0.2, 0.25) is 0 Å². The molecule has 4 nitrogen and oxygen atoms in total. The second kappa shape index (κ2) is 8.30. The van der Waals surface area contributed by atoms with Crippen molar-refractivity contribution in [3.8, 4) is 0 Å². The molecule has 0 bridgehead atoms. The number of nitrogen functional groups attached to an aromatic ring is 1. The third-order valence-electron chi connectivity index (χ3n) is 4.97. The molecule has 26 heavy (non-hydrogen) atoms. The third kappa shape index (κ3) is 4.14. The predicted octanol–water partition coefficient (Wildman–Crippen LogP) is 4.66. The maximum Gasteiger partial charge on any atom is 0.251 e. The molecular weight excluding hydrogens is 369 g/mol. The van der Waals surface area contributed by atoms with Crippen molar-refractivity contribution in [3.05, 3.63) is 63.1 Å². The topological polar surface area (TPSA) is 58.4 Å². The zero-order chi connectivity index (χ0) is 18.7. The number of amides is 1. The van der Waals surface area contributed by atoms with Gasteiger partial charge in [-0.1, -0.05) is 53.9 Å². The molecule has 0 aromatic heterocycles. The summed E-state index contributed by atoms with van der Waals surface area (Å²) in [6, 6.07) is 11.8. The van der Waals surface area contributed by atoms with E-state index in [0.29, 0.717) is 18.2 Å². The van der Waals surface area contributed by atoms with Crippen molar-refractivity contribution in [1.29, 1.82) is 0 Å². The Labute approximate surface area is 164 Å². The van der Waals surface area contributed by atoms with Crippen LogP contribution in [0.2, 0.25) is 10.0 Å². The summed E-state index contributed by atoms with van der Waals surface area (Å²) in [6.07, 6.45) is 3.62. The van der Waals surface area contributed by atoms with Gasteiger partial charge in [0.25, 0.3) is 5.91 Å². The first kappa shape index (κ1) is 19.0. The molecule has 1 atom stereocenters. The molecule has 0 aliphatic carbocycles. The van der Waals surface area contributed by atoms with Crippen molar-refractivity contribution in [2.24, 2.45) is 0 Å². The van der Waals surface area contributed by atoms with Crippen LogP contribution in [-0.4, -0.2) is 24.4 Å². The lowest BCUT2D eigenvalue weighted by molar-refractivity contribution is 0.0950. The fourth-order valence-corrected chi connectivity index (χ4v) is 3.97. The van der Waals surface area contributed by atoms with Crippen molar-refractivity contribution in [2.45, 2.75) is 31.8 Å². The fourth-order valence-electron chi connectivity index (χ4n) is 3.48. The minimum atomic E-state index is -0.222. The van der Waals surface area contributed by atoms with Gasteiger partial charge < -0.3 is 11.1 Å². The molecule has 1 heterocycles. The molecule has 2 aromatic rings. The Balaban J connectivity index is 1.75. The molecule has 138 valence electrons. The van der Waals surface area contributed by atoms with Crippen LogP contribution in [0.4, 0.5) is 5.69 Å². The second-order valence-electron chi connectivity index (χ2n) is 6.73. The highest BCUT2D eigenvalue weighted by Gasteiger charge is 2.22. The van der Waals surface area contributed by atoms with Gasteiger partial charge in [0.15, 0.2) is 0 Å². The average Bonchev–Trinajstić information content (AvgIpc) is 2.64.